The van der Waals surface area contributed by atoms with Crippen molar-refractivity contribution in [2.75, 3.05) is 25.2 Å². The highest BCUT2D eigenvalue weighted by Crippen LogP contribution is 2.34. The monoisotopic (exact) mass is 361 g/mol. The first kappa shape index (κ1) is 16.6. The first-order valence-corrected chi connectivity index (χ1v) is 7.57. The third kappa shape index (κ3) is 3.64. The molecule has 2 N–H and O–H groups in total. The normalized spacial score (nSPS) is 19.3. The molecule has 0 aromatic heterocycles. The number of alkyl halides is 3. The third-order valence-corrected chi connectivity index (χ3v) is 4.05. The fourth-order valence-corrected chi connectivity index (χ4v) is 2.79. The van der Waals surface area contributed by atoms with E-state index in [0.717, 1.165) is 0 Å². The highest BCUT2D eigenvalue weighted by molar-refractivity contribution is 7.80. The zero-order valence-corrected chi connectivity index (χ0v) is 13.2. The van der Waals surface area contributed by atoms with Gasteiger partial charge < -0.3 is 25.0 Å². The molecule has 1 aromatic carbocycles. The average Bonchev–Trinajstić information content (AvgIpc) is 3.14. The van der Waals surface area contributed by atoms with Gasteiger partial charge in [0.2, 0.25) is 6.79 Å². The minimum absolute atomic E-state index is 0.163. The van der Waals surface area contributed by atoms with Crippen LogP contribution in [0.4, 0.5) is 18.9 Å². The van der Waals surface area contributed by atoms with Gasteiger partial charge in [-0.2, -0.15) is 13.2 Å². The molecule has 6 nitrogen and oxygen atoms in total. The quantitative estimate of drug-likeness (QED) is 0.785. The van der Waals surface area contributed by atoms with Crippen LogP contribution < -0.4 is 20.1 Å². The third-order valence-electron chi connectivity index (χ3n) is 3.69. The van der Waals surface area contributed by atoms with Crippen LogP contribution in [-0.4, -0.2) is 48.0 Å². The van der Waals surface area contributed by atoms with Gasteiger partial charge in [-0.3, -0.25) is 4.79 Å². The summed E-state index contributed by atoms with van der Waals surface area (Å²) >= 11 is 5.27. The van der Waals surface area contributed by atoms with E-state index >= 15 is 0 Å². The molecular weight excluding hydrogens is 347 g/mol. The van der Waals surface area contributed by atoms with Gasteiger partial charge in [-0.25, -0.2) is 0 Å². The summed E-state index contributed by atoms with van der Waals surface area (Å²) in [5.41, 5.74) is 0.687. The second-order valence-electron chi connectivity index (χ2n) is 5.40. The second-order valence-corrected chi connectivity index (χ2v) is 5.79. The number of carbonyl (C=O) groups excluding carboxylic acids is 1. The topological polar surface area (TPSA) is 62.8 Å². The van der Waals surface area contributed by atoms with Crippen LogP contribution in [-0.2, 0) is 4.79 Å². The molecule has 0 aliphatic carbocycles. The van der Waals surface area contributed by atoms with E-state index in [4.69, 9.17) is 21.7 Å². The van der Waals surface area contributed by atoms with Gasteiger partial charge in [0.05, 0.1) is 0 Å². The minimum atomic E-state index is -4.88. The van der Waals surface area contributed by atoms with Crippen LogP contribution >= 0.6 is 12.2 Å². The summed E-state index contributed by atoms with van der Waals surface area (Å²) in [5, 5.41) is 5.35. The molecule has 24 heavy (non-hydrogen) atoms. The molecule has 1 saturated heterocycles. The number of hydrogen-bond acceptors (Lipinski definition) is 4. The van der Waals surface area contributed by atoms with E-state index in [1.54, 1.807) is 23.1 Å². The number of fused-ring (bicyclic) bond motifs is 1. The number of rotatable bonds is 2. The van der Waals surface area contributed by atoms with Gasteiger partial charge >= 0.3 is 12.1 Å². The molecule has 1 aromatic rings. The van der Waals surface area contributed by atoms with Gasteiger partial charge in [-0.15, -0.1) is 0 Å². The van der Waals surface area contributed by atoms with Crippen molar-refractivity contribution in [3.63, 3.8) is 0 Å². The average molecular weight is 361 g/mol. The van der Waals surface area contributed by atoms with Gasteiger partial charge in [0, 0.05) is 30.9 Å². The first-order valence-electron chi connectivity index (χ1n) is 7.16. The Kier molecular flexibility index (Phi) is 4.39. The number of nitrogens with one attached hydrogen (secondary N) is 2. The van der Waals surface area contributed by atoms with Crippen molar-refractivity contribution < 1.29 is 27.4 Å². The standard InChI is InChI=1S/C14H14F3N3O3S/c15-14(16,17)12(21)18-9-3-4-20(6-9)13(24)19-8-1-2-10-11(5-8)23-7-22-10/h1-2,5,9H,3-4,6-7H2,(H,18,21)(H,19,24). The first-order chi connectivity index (χ1) is 11.3. The zero-order valence-electron chi connectivity index (χ0n) is 12.4. The van der Waals surface area contributed by atoms with Crippen molar-refractivity contribution in [1.29, 1.82) is 0 Å². The lowest BCUT2D eigenvalue weighted by Gasteiger charge is -2.21. The van der Waals surface area contributed by atoms with Gasteiger partial charge in [0.1, 0.15) is 0 Å². The summed E-state index contributed by atoms with van der Waals surface area (Å²) in [6.45, 7) is 0.841. The Balaban J connectivity index is 1.54. The summed E-state index contributed by atoms with van der Waals surface area (Å²) in [6, 6.07) is 4.64. The molecule has 10 heteroatoms. The SMILES string of the molecule is O=C(NC1CCN(C(=S)Nc2ccc3c(c2)OCO3)C1)C(F)(F)F. The lowest BCUT2D eigenvalue weighted by atomic mass is 10.2. The molecule has 1 amide bonds. The number of carbonyl (C=O) groups is 1. The molecule has 2 aliphatic heterocycles. The zero-order chi connectivity index (χ0) is 17.3. The molecule has 0 spiro atoms. The Morgan fingerprint density at radius 1 is 1.29 bits per heavy atom. The van der Waals surface area contributed by atoms with Crippen LogP contribution in [0.1, 0.15) is 6.42 Å². The van der Waals surface area contributed by atoms with E-state index in [1.807, 2.05) is 5.32 Å². The largest absolute Gasteiger partial charge is 0.471 e. The fourth-order valence-electron chi connectivity index (χ4n) is 2.51. The number of benzene rings is 1. The van der Waals surface area contributed by atoms with E-state index in [-0.39, 0.29) is 13.3 Å². The summed E-state index contributed by atoms with van der Waals surface area (Å²) in [6.07, 6.45) is -4.48. The van der Waals surface area contributed by atoms with Crippen LogP contribution in [0.15, 0.2) is 18.2 Å². The number of amides is 1. The van der Waals surface area contributed by atoms with E-state index < -0.39 is 18.1 Å². The van der Waals surface area contributed by atoms with Gasteiger partial charge in [0.25, 0.3) is 0 Å². The van der Waals surface area contributed by atoms with Gasteiger partial charge in [-0.05, 0) is 30.8 Å². The van der Waals surface area contributed by atoms with Gasteiger partial charge in [0.15, 0.2) is 16.6 Å². The highest BCUT2D eigenvalue weighted by atomic mass is 32.1. The van der Waals surface area contributed by atoms with Gasteiger partial charge in [-0.1, -0.05) is 0 Å². The number of halogens is 3. The summed E-state index contributed by atoms with van der Waals surface area (Å²) < 4.78 is 47.3. The predicted molar refractivity (Wildman–Crippen MR) is 83.0 cm³/mol. The van der Waals surface area contributed by atoms with Crippen LogP contribution in [0.5, 0.6) is 11.5 Å². The number of ether oxygens (including phenoxy) is 2. The number of likely N-dealkylation sites (tertiary alicyclic amines) is 1. The minimum Gasteiger partial charge on any atom is -0.454 e. The molecule has 3 rings (SSSR count). The van der Waals surface area contributed by atoms with Crippen molar-refractivity contribution in [2.45, 2.75) is 18.6 Å². The maximum Gasteiger partial charge on any atom is 0.471 e. The molecule has 1 atom stereocenters. The maximum atomic E-state index is 12.3. The smallest absolute Gasteiger partial charge is 0.454 e. The van der Waals surface area contributed by atoms with E-state index in [9.17, 15) is 18.0 Å². The molecular formula is C14H14F3N3O3S. The lowest BCUT2D eigenvalue weighted by molar-refractivity contribution is -0.174. The summed E-state index contributed by atoms with van der Waals surface area (Å²) in [5.74, 6) is -0.689. The molecule has 130 valence electrons. The Hall–Kier alpha value is -2.23. The van der Waals surface area contributed by atoms with Crippen molar-refractivity contribution in [1.82, 2.24) is 10.2 Å². The number of anilines is 1. The highest BCUT2D eigenvalue weighted by Gasteiger charge is 2.40. The number of nitrogens with zero attached hydrogens (tertiary/aromatic N) is 1. The molecule has 2 aliphatic rings. The van der Waals surface area contributed by atoms with Crippen LogP contribution in [0.25, 0.3) is 0 Å². The maximum absolute atomic E-state index is 12.3. The van der Waals surface area contributed by atoms with Crippen molar-refractivity contribution in [2.24, 2.45) is 0 Å². The van der Waals surface area contributed by atoms with E-state index in [0.29, 0.717) is 35.3 Å². The molecule has 0 bridgehead atoms. The Labute approximate surface area is 140 Å². The van der Waals surface area contributed by atoms with Crippen molar-refractivity contribution >= 4 is 28.9 Å². The Bertz CT molecular complexity index is 668. The molecule has 0 radical (unpaired) electrons. The molecule has 1 unspecified atom stereocenters. The van der Waals surface area contributed by atoms with Crippen LogP contribution in [0.2, 0.25) is 0 Å². The molecule has 0 saturated carbocycles. The van der Waals surface area contributed by atoms with E-state index in [2.05, 4.69) is 5.32 Å². The lowest BCUT2D eigenvalue weighted by Crippen LogP contribution is -2.45. The fraction of sp³-hybridized carbons (Fsp3) is 0.429. The summed E-state index contributed by atoms with van der Waals surface area (Å²) in [7, 11) is 0. The molecule has 1 fully saturated rings. The van der Waals surface area contributed by atoms with Crippen molar-refractivity contribution in [3.05, 3.63) is 18.2 Å². The second kappa shape index (κ2) is 6.34. The molecule has 2 heterocycles. The van der Waals surface area contributed by atoms with Crippen LogP contribution in [0.3, 0.4) is 0 Å². The number of thiocarbonyl (C=S) groups is 1. The number of hydrogen-bond donors (Lipinski definition) is 2. The van der Waals surface area contributed by atoms with Crippen molar-refractivity contribution in [3.8, 4) is 11.5 Å². The van der Waals surface area contributed by atoms with E-state index in [1.165, 1.54) is 0 Å². The summed E-state index contributed by atoms with van der Waals surface area (Å²) in [4.78, 5) is 12.7. The predicted octanol–water partition coefficient (Wildman–Crippen LogP) is 1.86. The van der Waals surface area contributed by atoms with Crippen LogP contribution in [0, 0.1) is 0 Å². The Morgan fingerprint density at radius 3 is 2.79 bits per heavy atom. The Morgan fingerprint density at radius 2 is 2.04 bits per heavy atom.